The Bertz CT molecular complexity index is 272. The Hall–Kier alpha value is -0.530. The maximum atomic E-state index is 11.4. The predicted octanol–water partition coefficient (Wildman–Crippen LogP) is 1.67. The summed E-state index contributed by atoms with van der Waals surface area (Å²) in [7, 11) is 0. The summed E-state index contributed by atoms with van der Waals surface area (Å²) < 4.78 is 21.4. The van der Waals surface area contributed by atoms with Crippen LogP contribution in [0.15, 0.2) is 0 Å². The van der Waals surface area contributed by atoms with Gasteiger partial charge in [-0.2, -0.15) is 0 Å². The number of rotatable bonds is 17. The number of Topliss-reactive ketones (excluding diaryl/α,β-unsaturated/α-hetero) is 1. The Labute approximate surface area is 141 Å². The fourth-order valence-corrected chi connectivity index (χ4v) is 1.78. The Balaban J connectivity index is 3.09. The lowest BCUT2D eigenvalue weighted by molar-refractivity contribution is -0.124. The average Bonchev–Trinajstić information content (AvgIpc) is 2.46. The van der Waals surface area contributed by atoms with Crippen molar-refractivity contribution in [2.75, 3.05) is 59.4 Å². The summed E-state index contributed by atoms with van der Waals surface area (Å²) in [4.78, 5) is 11.4. The molecule has 0 saturated carbocycles. The van der Waals surface area contributed by atoms with Gasteiger partial charge in [0, 0.05) is 19.0 Å². The zero-order chi connectivity index (χ0) is 17.3. The molecule has 0 aromatic heterocycles. The van der Waals surface area contributed by atoms with Crippen molar-refractivity contribution in [2.45, 2.75) is 40.2 Å². The maximum Gasteiger partial charge on any atom is 0.158 e. The smallest absolute Gasteiger partial charge is 0.158 e. The molecule has 0 spiro atoms. The SMILES string of the molecule is CC(C)CC(=O)COCCOCCOCCOCCNC(C)C. The highest BCUT2D eigenvalue weighted by molar-refractivity contribution is 5.79. The fraction of sp³-hybridized carbons (Fsp3) is 0.941. The van der Waals surface area contributed by atoms with Gasteiger partial charge in [0.25, 0.3) is 0 Å². The van der Waals surface area contributed by atoms with E-state index in [0.29, 0.717) is 64.6 Å². The van der Waals surface area contributed by atoms with Crippen LogP contribution in [0.5, 0.6) is 0 Å². The van der Waals surface area contributed by atoms with Crippen LogP contribution in [0.25, 0.3) is 0 Å². The van der Waals surface area contributed by atoms with Gasteiger partial charge in [-0.25, -0.2) is 0 Å². The highest BCUT2D eigenvalue weighted by Gasteiger charge is 2.04. The van der Waals surface area contributed by atoms with Gasteiger partial charge in [0.15, 0.2) is 5.78 Å². The molecule has 0 aliphatic heterocycles. The minimum Gasteiger partial charge on any atom is -0.378 e. The molecular formula is C17H35NO5. The molecule has 0 saturated heterocycles. The molecule has 0 aromatic rings. The third-order valence-electron chi connectivity index (χ3n) is 2.81. The zero-order valence-corrected chi connectivity index (χ0v) is 15.3. The number of hydrogen-bond donors (Lipinski definition) is 1. The lowest BCUT2D eigenvalue weighted by atomic mass is 10.1. The van der Waals surface area contributed by atoms with Crippen LogP contribution < -0.4 is 5.32 Å². The quantitative estimate of drug-likeness (QED) is 0.409. The lowest BCUT2D eigenvalue weighted by Crippen LogP contribution is -2.27. The summed E-state index contributed by atoms with van der Waals surface area (Å²) in [6.07, 6.45) is 0.574. The number of ether oxygens (including phenoxy) is 4. The van der Waals surface area contributed by atoms with Gasteiger partial charge < -0.3 is 24.3 Å². The predicted molar refractivity (Wildman–Crippen MR) is 90.9 cm³/mol. The van der Waals surface area contributed by atoms with Crippen LogP contribution in [0.3, 0.4) is 0 Å². The van der Waals surface area contributed by atoms with E-state index < -0.39 is 0 Å². The monoisotopic (exact) mass is 333 g/mol. The number of carbonyl (C=O) groups is 1. The summed E-state index contributed by atoms with van der Waals surface area (Å²) in [6.45, 7) is 13.2. The largest absolute Gasteiger partial charge is 0.378 e. The van der Waals surface area contributed by atoms with E-state index in [4.69, 9.17) is 18.9 Å². The lowest BCUT2D eigenvalue weighted by Gasteiger charge is -2.09. The summed E-state index contributed by atoms with van der Waals surface area (Å²) in [5.74, 6) is 0.530. The molecule has 0 amide bonds. The van der Waals surface area contributed by atoms with E-state index in [0.717, 1.165) is 6.54 Å². The van der Waals surface area contributed by atoms with E-state index >= 15 is 0 Å². The molecule has 0 rings (SSSR count). The van der Waals surface area contributed by atoms with Crippen molar-refractivity contribution in [3.63, 3.8) is 0 Å². The van der Waals surface area contributed by atoms with Crippen LogP contribution in [-0.2, 0) is 23.7 Å². The maximum absolute atomic E-state index is 11.4. The van der Waals surface area contributed by atoms with Crippen molar-refractivity contribution in [3.8, 4) is 0 Å². The molecule has 0 heterocycles. The van der Waals surface area contributed by atoms with Crippen LogP contribution in [-0.4, -0.2) is 71.2 Å². The van der Waals surface area contributed by atoms with Crippen LogP contribution in [0.1, 0.15) is 34.1 Å². The molecule has 6 nitrogen and oxygen atoms in total. The molecule has 138 valence electrons. The van der Waals surface area contributed by atoms with E-state index in [-0.39, 0.29) is 12.4 Å². The Morgan fingerprint density at radius 2 is 1.26 bits per heavy atom. The van der Waals surface area contributed by atoms with Crippen LogP contribution >= 0.6 is 0 Å². The van der Waals surface area contributed by atoms with Gasteiger partial charge in [0.1, 0.15) is 6.61 Å². The van der Waals surface area contributed by atoms with E-state index in [2.05, 4.69) is 19.2 Å². The number of nitrogens with one attached hydrogen (secondary N) is 1. The molecule has 0 fully saturated rings. The highest BCUT2D eigenvalue weighted by atomic mass is 16.6. The first-order chi connectivity index (χ1) is 11.0. The van der Waals surface area contributed by atoms with Gasteiger partial charge in [-0.05, 0) is 5.92 Å². The molecule has 23 heavy (non-hydrogen) atoms. The Morgan fingerprint density at radius 1 is 0.783 bits per heavy atom. The normalized spacial score (nSPS) is 11.6. The molecule has 0 unspecified atom stereocenters. The van der Waals surface area contributed by atoms with Crippen molar-refractivity contribution in [3.05, 3.63) is 0 Å². The number of hydrogen-bond acceptors (Lipinski definition) is 6. The second-order valence-corrected chi connectivity index (χ2v) is 6.14. The minimum atomic E-state index is 0.145. The molecule has 0 bridgehead atoms. The molecule has 0 aliphatic rings. The van der Waals surface area contributed by atoms with E-state index in [1.807, 2.05) is 13.8 Å². The van der Waals surface area contributed by atoms with Crippen molar-refractivity contribution < 1.29 is 23.7 Å². The van der Waals surface area contributed by atoms with Crippen LogP contribution in [0.4, 0.5) is 0 Å². The Morgan fingerprint density at radius 3 is 1.74 bits per heavy atom. The summed E-state index contributed by atoms with van der Waals surface area (Å²) in [5.41, 5.74) is 0. The topological polar surface area (TPSA) is 66.0 Å². The third kappa shape index (κ3) is 19.4. The second kappa shape index (κ2) is 16.3. The summed E-state index contributed by atoms with van der Waals surface area (Å²) in [5, 5.41) is 3.28. The van der Waals surface area contributed by atoms with Crippen molar-refractivity contribution >= 4 is 5.78 Å². The fourth-order valence-electron chi connectivity index (χ4n) is 1.78. The highest BCUT2D eigenvalue weighted by Crippen LogP contribution is 1.99. The van der Waals surface area contributed by atoms with Gasteiger partial charge in [-0.15, -0.1) is 0 Å². The standard InChI is InChI=1S/C17H35NO5/c1-15(2)13-17(19)14-23-12-11-22-10-9-21-8-7-20-6-5-18-16(3)4/h15-16,18H,5-14H2,1-4H3. The van der Waals surface area contributed by atoms with Crippen LogP contribution in [0.2, 0.25) is 0 Å². The van der Waals surface area contributed by atoms with Gasteiger partial charge in [-0.1, -0.05) is 27.7 Å². The average molecular weight is 333 g/mol. The van der Waals surface area contributed by atoms with Gasteiger partial charge in [0.05, 0.1) is 46.2 Å². The van der Waals surface area contributed by atoms with Crippen molar-refractivity contribution in [1.82, 2.24) is 5.32 Å². The third-order valence-corrected chi connectivity index (χ3v) is 2.81. The molecule has 0 aliphatic carbocycles. The van der Waals surface area contributed by atoms with E-state index in [1.165, 1.54) is 0 Å². The molecule has 0 atom stereocenters. The van der Waals surface area contributed by atoms with Gasteiger partial charge in [0.2, 0.25) is 0 Å². The van der Waals surface area contributed by atoms with Crippen molar-refractivity contribution in [1.29, 1.82) is 0 Å². The summed E-state index contributed by atoms with van der Waals surface area (Å²) in [6, 6.07) is 0.490. The first-order valence-corrected chi connectivity index (χ1v) is 8.58. The summed E-state index contributed by atoms with van der Waals surface area (Å²) >= 11 is 0. The second-order valence-electron chi connectivity index (χ2n) is 6.14. The molecule has 6 heteroatoms. The molecule has 0 radical (unpaired) electrons. The zero-order valence-electron chi connectivity index (χ0n) is 15.3. The van der Waals surface area contributed by atoms with Crippen LogP contribution in [0, 0.1) is 5.92 Å². The Kier molecular flexibility index (Phi) is 16.0. The minimum absolute atomic E-state index is 0.145. The first-order valence-electron chi connectivity index (χ1n) is 8.58. The first kappa shape index (κ1) is 22.5. The number of carbonyl (C=O) groups excluding carboxylic acids is 1. The van der Waals surface area contributed by atoms with Crippen molar-refractivity contribution in [2.24, 2.45) is 5.92 Å². The number of ketones is 1. The molecule has 1 N–H and O–H groups in total. The van der Waals surface area contributed by atoms with Gasteiger partial charge in [-0.3, -0.25) is 4.79 Å². The van der Waals surface area contributed by atoms with E-state index in [9.17, 15) is 4.79 Å². The van der Waals surface area contributed by atoms with E-state index in [1.54, 1.807) is 0 Å². The van der Waals surface area contributed by atoms with Gasteiger partial charge >= 0.3 is 0 Å². The molecule has 0 aromatic carbocycles. The molecular weight excluding hydrogens is 298 g/mol.